The third-order valence-corrected chi connectivity index (χ3v) is 6.14. The van der Waals surface area contributed by atoms with E-state index in [0.29, 0.717) is 39.5 Å². The Labute approximate surface area is 217 Å². The molecule has 37 heavy (non-hydrogen) atoms. The van der Waals surface area contributed by atoms with Crippen molar-refractivity contribution < 1.29 is 18.7 Å². The average Bonchev–Trinajstić information content (AvgIpc) is 2.91. The molecule has 5 rings (SSSR count). The molecule has 0 saturated carbocycles. The number of para-hydroxylation sites is 1. The van der Waals surface area contributed by atoms with Crippen molar-refractivity contribution in [2.45, 2.75) is 0 Å². The second kappa shape index (κ2) is 10.1. The maximum Gasteiger partial charge on any atom is 0.344 e. The molecule has 4 aromatic carbocycles. The third-order valence-electron chi connectivity index (χ3n) is 5.94. The topological polar surface area (TPSA) is 89.8 Å². The van der Waals surface area contributed by atoms with E-state index in [9.17, 15) is 9.59 Å². The number of thiocarbonyl (C=S) groups is 1. The van der Waals surface area contributed by atoms with Crippen LogP contribution in [0.5, 0.6) is 11.5 Å². The zero-order chi connectivity index (χ0) is 25.9. The SMILES string of the molecule is COc1ccc(-c2cc3ccccc3oc2=O)cc1NC(=S)NC(=O)c1cc2ccccc2cc1OC. The molecule has 1 aromatic heterocycles. The second-order valence-electron chi connectivity index (χ2n) is 8.21. The molecule has 5 aromatic rings. The Bertz CT molecular complexity index is 1730. The number of methoxy groups -OCH3 is 2. The number of amides is 1. The number of rotatable bonds is 5. The highest BCUT2D eigenvalue weighted by molar-refractivity contribution is 7.80. The lowest BCUT2D eigenvalue weighted by molar-refractivity contribution is 0.0975. The van der Waals surface area contributed by atoms with Gasteiger partial charge in [0, 0.05) is 5.39 Å². The van der Waals surface area contributed by atoms with Gasteiger partial charge in [0.25, 0.3) is 5.91 Å². The van der Waals surface area contributed by atoms with Gasteiger partial charge >= 0.3 is 5.63 Å². The van der Waals surface area contributed by atoms with Gasteiger partial charge in [0.15, 0.2) is 5.11 Å². The van der Waals surface area contributed by atoms with Crippen molar-refractivity contribution in [3.8, 4) is 22.6 Å². The minimum Gasteiger partial charge on any atom is -0.496 e. The molecule has 0 fully saturated rings. The van der Waals surface area contributed by atoms with Crippen LogP contribution in [0.4, 0.5) is 5.69 Å². The van der Waals surface area contributed by atoms with Gasteiger partial charge in [-0.3, -0.25) is 10.1 Å². The lowest BCUT2D eigenvalue weighted by Crippen LogP contribution is -2.34. The molecule has 0 aliphatic carbocycles. The van der Waals surface area contributed by atoms with Crippen LogP contribution in [0.3, 0.4) is 0 Å². The molecule has 7 nitrogen and oxygen atoms in total. The Morgan fingerprint density at radius 3 is 2.22 bits per heavy atom. The summed E-state index contributed by atoms with van der Waals surface area (Å²) in [7, 11) is 3.03. The molecule has 0 radical (unpaired) electrons. The van der Waals surface area contributed by atoms with Gasteiger partial charge in [-0.1, -0.05) is 48.5 Å². The number of carbonyl (C=O) groups is 1. The van der Waals surface area contributed by atoms with Crippen LogP contribution in [0.15, 0.2) is 94.1 Å². The van der Waals surface area contributed by atoms with E-state index in [1.165, 1.54) is 14.2 Å². The highest BCUT2D eigenvalue weighted by atomic mass is 32.1. The molecule has 0 bridgehead atoms. The van der Waals surface area contributed by atoms with Crippen LogP contribution in [0.25, 0.3) is 32.9 Å². The Morgan fingerprint density at radius 1 is 0.811 bits per heavy atom. The minimum atomic E-state index is -0.464. The first-order valence-electron chi connectivity index (χ1n) is 11.4. The quantitative estimate of drug-likeness (QED) is 0.230. The Morgan fingerprint density at radius 2 is 1.49 bits per heavy atom. The zero-order valence-corrected chi connectivity index (χ0v) is 20.8. The van der Waals surface area contributed by atoms with Crippen LogP contribution < -0.4 is 25.7 Å². The fourth-order valence-electron chi connectivity index (χ4n) is 4.13. The molecule has 8 heteroatoms. The molecule has 1 heterocycles. The largest absolute Gasteiger partial charge is 0.496 e. The molecule has 0 spiro atoms. The number of ether oxygens (including phenoxy) is 2. The van der Waals surface area contributed by atoms with E-state index in [0.717, 1.165) is 16.2 Å². The first kappa shape index (κ1) is 24.0. The smallest absolute Gasteiger partial charge is 0.344 e. The van der Waals surface area contributed by atoms with E-state index >= 15 is 0 Å². The normalized spacial score (nSPS) is 10.8. The summed E-state index contributed by atoms with van der Waals surface area (Å²) in [6, 6.07) is 25.5. The zero-order valence-electron chi connectivity index (χ0n) is 20.0. The van der Waals surface area contributed by atoms with Crippen LogP contribution in [0.1, 0.15) is 10.4 Å². The number of fused-ring (bicyclic) bond motifs is 2. The molecular weight excluding hydrogens is 488 g/mol. The van der Waals surface area contributed by atoms with Crippen LogP contribution in [0.2, 0.25) is 0 Å². The second-order valence-corrected chi connectivity index (χ2v) is 8.62. The van der Waals surface area contributed by atoms with Crippen molar-refractivity contribution in [3.63, 3.8) is 0 Å². The maximum atomic E-state index is 13.1. The van der Waals surface area contributed by atoms with Crippen LogP contribution >= 0.6 is 12.2 Å². The summed E-state index contributed by atoms with van der Waals surface area (Å²) >= 11 is 5.42. The predicted octanol–water partition coefficient (Wildman–Crippen LogP) is 5.76. The summed E-state index contributed by atoms with van der Waals surface area (Å²) in [5.74, 6) is 0.487. The third kappa shape index (κ3) is 4.87. The molecule has 0 aliphatic rings. The monoisotopic (exact) mass is 510 g/mol. The summed E-state index contributed by atoms with van der Waals surface area (Å²) in [4.78, 5) is 25.7. The van der Waals surface area contributed by atoms with Gasteiger partial charge in [0.05, 0.1) is 31.0 Å². The van der Waals surface area contributed by atoms with Gasteiger partial charge in [-0.15, -0.1) is 0 Å². The molecule has 0 aliphatic heterocycles. The lowest BCUT2D eigenvalue weighted by atomic mass is 10.0. The highest BCUT2D eigenvalue weighted by Crippen LogP contribution is 2.31. The molecule has 0 atom stereocenters. The average molecular weight is 511 g/mol. The van der Waals surface area contributed by atoms with E-state index < -0.39 is 11.5 Å². The van der Waals surface area contributed by atoms with Gasteiger partial charge < -0.3 is 19.2 Å². The Kier molecular flexibility index (Phi) is 6.57. The number of nitrogens with one attached hydrogen (secondary N) is 2. The van der Waals surface area contributed by atoms with Crippen LogP contribution in [-0.4, -0.2) is 25.2 Å². The molecule has 184 valence electrons. The number of hydrogen-bond acceptors (Lipinski definition) is 6. The van der Waals surface area contributed by atoms with Crippen molar-refractivity contribution in [1.29, 1.82) is 0 Å². The van der Waals surface area contributed by atoms with Crippen molar-refractivity contribution in [2.24, 2.45) is 0 Å². The number of carbonyl (C=O) groups excluding carboxylic acids is 1. The Hall–Kier alpha value is -4.69. The summed E-state index contributed by atoms with van der Waals surface area (Å²) in [6.45, 7) is 0. The van der Waals surface area contributed by atoms with Crippen molar-refractivity contribution in [3.05, 3.63) is 101 Å². The van der Waals surface area contributed by atoms with Gasteiger partial charge in [-0.05, 0) is 65.0 Å². The first-order chi connectivity index (χ1) is 18.0. The van der Waals surface area contributed by atoms with Gasteiger partial charge in [-0.2, -0.15) is 0 Å². The molecular formula is C29H22N2O5S. The van der Waals surface area contributed by atoms with E-state index in [1.54, 1.807) is 36.4 Å². The first-order valence-corrected chi connectivity index (χ1v) is 11.8. The minimum absolute atomic E-state index is 0.0567. The van der Waals surface area contributed by atoms with Crippen molar-refractivity contribution in [2.75, 3.05) is 19.5 Å². The fraction of sp³-hybridized carbons (Fsp3) is 0.0690. The molecule has 0 saturated heterocycles. The predicted molar refractivity (Wildman–Crippen MR) is 149 cm³/mol. The number of benzene rings is 4. The maximum absolute atomic E-state index is 13.1. The van der Waals surface area contributed by atoms with Crippen molar-refractivity contribution >= 4 is 50.7 Å². The standard InChI is InChI=1S/C29H22N2O5S/c1-34-25-12-11-19(21-14-20-9-5-6-10-24(20)36-28(21)33)15-23(25)30-29(37)31-27(32)22-13-17-7-3-4-8-18(17)16-26(22)35-2/h3-16H,1-2H3,(H2,30,31,32,37). The summed E-state index contributed by atoms with van der Waals surface area (Å²) < 4.78 is 16.4. The highest BCUT2D eigenvalue weighted by Gasteiger charge is 2.17. The van der Waals surface area contributed by atoms with Gasteiger partial charge in [0.2, 0.25) is 0 Å². The van der Waals surface area contributed by atoms with Crippen LogP contribution in [-0.2, 0) is 0 Å². The molecule has 0 unspecified atom stereocenters. The van der Waals surface area contributed by atoms with E-state index in [4.69, 9.17) is 26.1 Å². The van der Waals surface area contributed by atoms with E-state index in [1.807, 2.05) is 48.5 Å². The van der Waals surface area contributed by atoms with E-state index in [2.05, 4.69) is 10.6 Å². The van der Waals surface area contributed by atoms with Gasteiger partial charge in [-0.25, -0.2) is 4.79 Å². The lowest BCUT2D eigenvalue weighted by Gasteiger charge is -2.15. The Balaban J connectivity index is 1.42. The summed E-state index contributed by atoms with van der Waals surface area (Å²) in [5.41, 5.74) is 1.86. The summed E-state index contributed by atoms with van der Waals surface area (Å²) in [6.07, 6.45) is 0. The van der Waals surface area contributed by atoms with Crippen molar-refractivity contribution in [1.82, 2.24) is 5.32 Å². The fourth-order valence-corrected chi connectivity index (χ4v) is 4.33. The summed E-state index contributed by atoms with van der Waals surface area (Å²) in [5, 5.41) is 8.41. The molecule has 2 N–H and O–H groups in total. The number of hydrogen-bond donors (Lipinski definition) is 2. The molecule has 1 amide bonds. The van der Waals surface area contributed by atoms with Gasteiger partial charge in [0.1, 0.15) is 17.1 Å². The van der Waals surface area contributed by atoms with Crippen LogP contribution in [0, 0.1) is 0 Å². The van der Waals surface area contributed by atoms with E-state index in [-0.39, 0.29) is 5.11 Å². The number of anilines is 1.